The number of imide groups is 1. The van der Waals surface area contributed by atoms with Crippen LogP contribution >= 0.6 is 0 Å². The van der Waals surface area contributed by atoms with E-state index in [0.717, 1.165) is 4.90 Å². The Balaban J connectivity index is 2.07. The molecule has 0 aliphatic carbocycles. The molecule has 6 nitrogen and oxygen atoms in total. The van der Waals surface area contributed by atoms with Gasteiger partial charge in [0.25, 0.3) is 5.91 Å². The lowest BCUT2D eigenvalue weighted by molar-refractivity contribution is -0.132. The molecule has 0 bridgehead atoms. The lowest BCUT2D eigenvalue weighted by atomic mass is 10.0. The number of methoxy groups -OCH3 is 1. The van der Waals surface area contributed by atoms with Gasteiger partial charge in [-0.15, -0.1) is 0 Å². The summed E-state index contributed by atoms with van der Waals surface area (Å²) in [6.07, 6.45) is 0. The molecule has 1 N–H and O–H groups in total. The number of carbonyl (C=O) groups is 2. The number of halogens is 2. The Morgan fingerprint density at radius 1 is 1.27 bits per heavy atom. The van der Waals surface area contributed by atoms with Crippen LogP contribution in [-0.2, 0) is 16.1 Å². The summed E-state index contributed by atoms with van der Waals surface area (Å²) in [6, 6.07) is 5.23. The van der Waals surface area contributed by atoms with Crippen molar-refractivity contribution in [1.82, 2.24) is 10.2 Å². The van der Waals surface area contributed by atoms with Crippen LogP contribution in [0.1, 0.15) is 12.5 Å². The van der Waals surface area contributed by atoms with Gasteiger partial charge >= 0.3 is 12.6 Å². The van der Waals surface area contributed by atoms with Gasteiger partial charge in [-0.25, -0.2) is 4.79 Å². The quantitative estimate of drug-likeness (QED) is 0.812. The number of amides is 3. The van der Waals surface area contributed by atoms with E-state index in [9.17, 15) is 18.4 Å². The number of alkyl halides is 2. The van der Waals surface area contributed by atoms with Gasteiger partial charge in [0.1, 0.15) is 11.3 Å². The Morgan fingerprint density at radius 2 is 1.91 bits per heavy atom. The zero-order chi connectivity index (χ0) is 16.3. The molecule has 1 unspecified atom stereocenters. The Labute approximate surface area is 126 Å². The second-order valence-electron chi connectivity index (χ2n) is 5.11. The van der Waals surface area contributed by atoms with Gasteiger partial charge in [-0.05, 0) is 24.6 Å². The van der Waals surface area contributed by atoms with Crippen molar-refractivity contribution >= 4 is 11.9 Å². The third-order valence-electron chi connectivity index (χ3n) is 3.27. The summed E-state index contributed by atoms with van der Waals surface area (Å²) in [5, 5.41) is 2.58. The van der Waals surface area contributed by atoms with Gasteiger partial charge in [-0.1, -0.05) is 12.1 Å². The molecular weight excluding hydrogens is 298 g/mol. The molecule has 2 rings (SSSR count). The van der Waals surface area contributed by atoms with Crippen LogP contribution in [0.2, 0.25) is 0 Å². The molecule has 1 fully saturated rings. The van der Waals surface area contributed by atoms with Crippen molar-refractivity contribution in [3.05, 3.63) is 29.8 Å². The van der Waals surface area contributed by atoms with Crippen molar-refractivity contribution in [2.75, 3.05) is 13.7 Å². The van der Waals surface area contributed by atoms with Crippen molar-refractivity contribution < 1.29 is 27.8 Å². The zero-order valence-electron chi connectivity index (χ0n) is 12.1. The van der Waals surface area contributed by atoms with Crippen LogP contribution in [0.4, 0.5) is 13.6 Å². The molecule has 1 atom stereocenters. The number of nitrogens with zero attached hydrogens (tertiary/aromatic N) is 1. The minimum atomic E-state index is -2.90. The first-order chi connectivity index (χ1) is 10.4. The molecular formula is C14H16F2N2O4. The van der Waals surface area contributed by atoms with E-state index < -0.39 is 24.1 Å². The zero-order valence-corrected chi connectivity index (χ0v) is 12.1. The van der Waals surface area contributed by atoms with Crippen molar-refractivity contribution in [3.8, 4) is 5.75 Å². The summed E-state index contributed by atoms with van der Waals surface area (Å²) in [4.78, 5) is 25.2. The summed E-state index contributed by atoms with van der Waals surface area (Å²) >= 11 is 0. The number of rotatable bonds is 6. The lowest BCUT2D eigenvalue weighted by Crippen LogP contribution is -2.47. The van der Waals surface area contributed by atoms with Crippen LogP contribution in [0.25, 0.3) is 0 Å². The highest BCUT2D eigenvalue weighted by atomic mass is 19.3. The number of nitrogens with one attached hydrogen (secondary N) is 1. The van der Waals surface area contributed by atoms with E-state index in [2.05, 4.69) is 10.1 Å². The maximum Gasteiger partial charge on any atom is 0.387 e. The largest absolute Gasteiger partial charge is 0.435 e. The van der Waals surface area contributed by atoms with E-state index >= 15 is 0 Å². The molecule has 0 saturated carbocycles. The maximum atomic E-state index is 12.3. The molecule has 120 valence electrons. The Bertz CT molecular complexity index is 564. The van der Waals surface area contributed by atoms with Gasteiger partial charge in [0.05, 0.1) is 13.2 Å². The fourth-order valence-corrected chi connectivity index (χ4v) is 2.24. The number of carbonyl (C=O) groups excluding carboxylic acids is 2. The Morgan fingerprint density at radius 3 is 2.45 bits per heavy atom. The molecule has 0 radical (unpaired) electrons. The van der Waals surface area contributed by atoms with Crippen molar-refractivity contribution in [2.45, 2.75) is 25.6 Å². The normalized spacial score (nSPS) is 21.4. The number of hydrogen-bond donors (Lipinski definition) is 1. The maximum absolute atomic E-state index is 12.3. The van der Waals surface area contributed by atoms with E-state index in [0.29, 0.717) is 5.56 Å². The molecule has 3 amide bonds. The number of urea groups is 1. The molecule has 1 aromatic rings. The van der Waals surface area contributed by atoms with E-state index in [-0.39, 0.29) is 18.9 Å². The minimum absolute atomic E-state index is 0.0140. The van der Waals surface area contributed by atoms with Crippen LogP contribution in [0, 0.1) is 0 Å². The van der Waals surface area contributed by atoms with Gasteiger partial charge in [0, 0.05) is 7.11 Å². The van der Waals surface area contributed by atoms with E-state index in [4.69, 9.17) is 4.74 Å². The molecule has 1 aliphatic rings. The van der Waals surface area contributed by atoms with Gasteiger partial charge in [0.15, 0.2) is 0 Å². The molecule has 0 aromatic heterocycles. The monoisotopic (exact) mass is 314 g/mol. The van der Waals surface area contributed by atoms with E-state index in [1.54, 1.807) is 6.92 Å². The molecule has 22 heavy (non-hydrogen) atoms. The van der Waals surface area contributed by atoms with Gasteiger partial charge in [0.2, 0.25) is 0 Å². The first-order valence-corrected chi connectivity index (χ1v) is 6.52. The average Bonchev–Trinajstić information content (AvgIpc) is 2.64. The van der Waals surface area contributed by atoms with Crippen LogP contribution < -0.4 is 10.1 Å². The highest BCUT2D eigenvalue weighted by Gasteiger charge is 2.47. The van der Waals surface area contributed by atoms with Crippen LogP contribution in [-0.4, -0.2) is 42.7 Å². The third-order valence-corrected chi connectivity index (χ3v) is 3.27. The summed E-state index contributed by atoms with van der Waals surface area (Å²) in [7, 11) is 1.44. The molecule has 1 heterocycles. The van der Waals surface area contributed by atoms with Crippen LogP contribution in [0.3, 0.4) is 0 Å². The second-order valence-corrected chi connectivity index (χ2v) is 5.11. The van der Waals surface area contributed by atoms with E-state index in [1.165, 1.54) is 31.4 Å². The first kappa shape index (κ1) is 16.2. The van der Waals surface area contributed by atoms with Crippen LogP contribution in [0.5, 0.6) is 5.75 Å². The fraction of sp³-hybridized carbons (Fsp3) is 0.429. The fourth-order valence-electron chi connectivity index (χ4n) is 2.24. The van der Waals surface area contributed by atoms with Gasteiger partial charge in [-0.2, -0.15) is 8.78 Å². The van der Waals surface area contributed by atoms with Gasteiger partial charge < -0.3 is 14.8 Å². The lowest BCUT2D eigenvalue weighted by Gasteiger charge is -2.20. The SMILES string of the molecule is COCC1(C)NC(=O)N(Cc2ccc(OC(F)F)cc2)C1=O. The second kappa shape index (κ2) is 6.27. The number of benzene rings is 1. The summed E-state index contributed by atoms with van der Waals surface area (Å²) in [5.41, 5.74) is -0.475. The third kappa shape index (κ3) is 3.33. The summed E-state index contributed by atoms with van der Waals surface area (Å²) < 4.78 is 33.3. The summed E-state index contributed by atoms with van der Waals surface area (Å²) in [6.45, 7) is -1.21. The topological polar surface area (TPSA) is 67.9 Å². The predicted octanol–water partition coefficient (Wildman–Crippen LogP) is 1.74. The highest BCUT2D eigenvalue weighted by molar-refractivity contribution is 6.06. The average molecular weight is 314 g/mol. The molecule has 1 saturated heterocycles. The minimum Gasteiger partial charge on any atom is -0.435 e. The van der Waals surface area contributed by atoms with Gasteiger partial charge in [-0.3, -0.25) is 9.69 Å². The van der Waals surface area contributed by atoms with E-state index in [1.807, 2.05) is 0 Å². The number of ether oxygens (including phenoxy) is 2. The molecule has 1 aliphatic heterocycles. The van der Waals surface area contributed by atoms with Crippen molar-refractivity contribution in [3.63, 3.8) is 0 Å². The predicted molar refractivity (Wildman–Crippen MR) is 72.4 cm³/mol. The summed E-state index contributed by atoms with van der Waals surface area (Å²) in [5.74, 6) is -0.382. The smallest absolute Gasteiger partial charge is 0.387 e. The Hall–Kier alpha value is -2.22. The molecule has 8 heteroatoms. The molecule has 0 spiro atoms. The highest BCUT2D eigenvalue weighted by Crippen LogP contribution is 2.21. The standard InChI is InChI=1S/C14H16F2N2O4/c1-14(8-21-2)11(19)18(13(20)17-14)7-9-3-5-10(6-4-9)22-12(15)16/h3-6,12H,7-8H2,1-2H3,(H,17,20). The van der Waals surface area contributed by atoms with Crippen molar-refractivity contribution in [2.24, 2.45) is 0 Å². The number of hydrogen-bond acceptors (Lipinski definition) is 4. The molecule has 1 aromatic carbocycles. The Kier molecular flexibility index (Phi) is 4.60. The first-order valence-electron chi connectivity index (χ1n) is 6.52. The van der Waals surface area contributed by atoms with Crippen molar-refractivity contribution in [1.29, 1.82) is 0 Å². The van der Waals surface area contributed by atoms with Crippen LogP contribution in [0.15, 0.2) is 24.3 Å².